The van der Waals surface area contributed by atoms with Crippen LogP contribution in [-0.4, -0.2) is 0 Å². The van der Waals surface area contributed by atoms with Crippen molar-refractivity contribution in [3.8, 4) is 6.07 Å². The average molecular weight is 212 g/mol. The Bertz CT molecular complexity index is 254. The molecule has 0 unspecified atom stereocenters. The molecule has 0 amide bonds. The van der Waals surface area contributed by atoms with Gasteiger partial charge in [-0.25, -0.2) is 0 Å². The Morgan fingerprint density at radius 3 is 2.50 bits per heavy atom. The Morgan fingerprint density at radius 1 is 1.50 bits per heavy atom. The molecule has 14 heavy (non-hydrogen) atoms. The fourth-order valence-electron chi connectivity index (χ4n) is 2.58. The number of nitriles is 1. The van der Waals surface area contributed by atoms with E-state index in [0.717, 1.165) is 24.3 Å². The summed E-state index contributed by atoms with van der Waals surface area (Å²) in [6.45, 7) is 4.44. The second-order valence-electron chi connectivity index (χ2n) is 4.71. The standard InChI is InChI=1S/C12H18ClN/c1-10(2)9-12(6-3-4-7-12)11(13)5-8-14/h5,10H,3-4,6-7,9H2,1-2H3/b11-5+. The van der Waals surface area contributed by atoms with Crippen LogP contribution in [-0.2, 0) is 0 Å². The molecule has 0 N–H and O–H groups in total. The van der Waals surface area contributed by atoms with Crippen LogP contribution in [0.5, 0.6) is 0 Å². The van der Waals surface area contributed by atoms with Crippen molar-refractivity contribution >= 4 is 11.6 Å². The first kappa shape index (κ1) is 11.6. The van der Waals surface area contributed by atoms with Gasteiger partial charge in [0, 0.05) is 16.5 Å². The Balaban J connectivity index is 2.82. The highest BCUT2D eigenvalue weighted by Crippen LogP contribution is 2.49. The summed E-state index contributed by atoms with van der Waals surface area (Å²) in [7, 11) is 0. The summed E-state index contributed by atoms with van der Waals surface area (Å²) >= 11 is 6.23. The third kappa shape index (κ3) is 2.51. The van der Waals surface area contributed by atoms with Crippen LogP contribution in [0.3, 0.4) is 0 Å². The van der Waals surface area contributed by atoms with Crippen molar-refractivity contribution in [2.45, 2.75) is 46.0 Å². The van der Waals surface area contributed by atoms with Crippen LogP contribution in [0.15, 0.2) is 11.1 Å². The Labute approximate surface area is 91.8 Å². The number of halogens is 1. The molecule has 2 heteroatoms. The van der Waals surface area contributed by atoms with Gasteiger partial charge in [-0.05, 0) is 25.2 Å². The summed E-state index contributed by atoms with van der Waals surface area (Å²) < 4.78 is 0. The Kier molecular flexibility index (Phi) is 4.01. The molecule has 0 spiro atoms. The van der Waals surface area contributed by atoms with E-state index in [1.54, 1.807) is 0 Å². The lowest BCUT2D eigenvalue weighted by Crippen LogP contribution is -2.19. The van der Waals surface area contributed by atoms with Gasteiger partial charge in [-0.15, -0.1) is 0 Å². The van der Waals surface area contributed by atoms with E-state index in [1.807, 2.05) is 6.07 Å². The van der Waals surface area contributed by atoms with Crippen LogP contribution in [0.2, 0.25) is 0 Å². The van der Waals surface area contributed by atoms with E-state index >= 15 is 0 Å². The lowest BCUT2D eigenvalue weighted by atomic mass is 9.78. The molecule has 0 saturated heterocycles. The SMILES string of the molecule is CC(C)CC1(/C(Cl)=C\C#N)CCCC1. The molecule has 1 aliphatic rings. The Hall–Kier alpha value is -0.480. The van der Waals surface area contributed by atoms with Crippen molar-refractivity contribution < 1.29 is 0 Å². The van der Waals surface area contributed by atoms with E-state index < -0.39 is 0 Å². The van der Waals surface area contributed by atoms with Crippen molar-refractivity contribution in [3.05, 3.63) is 11.1 Å². The molecule has 0 aromatic carbocycles. The zero-order valence-electron chi connectivity index (χ0n) is 9.02. The van der Waals surface area contributed by atoms with Gasteiger partial charge >= 0.3 is 0 Å². The van der Waals surface area contributed by atoms with Crippen LogP contribution >= 0.6 is 11.6 Å². The summed E-state index contributed by atoms with van der Waals surface area (Å²) in [4.78, 5) is 0. The molecule has 78 valence electrons. The lowest BCUT2D eigenvalue weighted by Gasteiger charge is -2.30. The van der Waals surface area contributed by atoms with Crippen molar-refractivity contribution in [2.75, 3.05) is 0 Å². The molecule has 1 fully saturated rings. The van der Waals surface area contributed by atoms with Gasteiger partial charge < -0.3 is 0 Å². The smallest absolute Gasteiger partial charge is 0.0924 e. The summed E-state index contributed by atoms with van der Waals surface area (Å²) in [6, 6.07) is 2.05. The number of rotatable bonds is 3. The lowest BCUT2D eigenvalue weighted by molar-refractivity contribution is 0.303. The summed E-state index contributed by atoms with van der Waals surface area (Å²) in [5, 5.41) is 9.42. The minimum atomic E-state index is 0.130. The van der Waals surface area contributed by atoms with Gasteiger partial charge in [0.2, 0.25) is 0 Å². The molecule has 1 rings (SSSR count). The van der Waals surface area contributed by atoms with E-state index in [1.165, 1.54) is 18.9 Å². The maximum absolute atomic E-state index is 8.63. The van der Waals surface area contributed by atoms with Crippen molar-refractivity contribution in [1.82, 2.24) is 0 Å². The highest BCUT2D eigenvalue weighted by molar-refractivity contribution is 6.30. The quantitative estimate of drug-likeness (QED) is 0.641. The fraction of sp³-hybridized carbons (Fsp3) is 0.750. The predicted octanol–water partition coefficient (Wildman–Crippen LogP) is 4.24. The van der Waals surface area contributed by atoms with Crippen molar-refractivity contribution in [1.29, 1.82) is 5.26 Å². The second-order valence-corrected chi connectivity index (χ2v) is 5.11. The molecule has 0 aromatic heterocycles. The van der Waals surface area contributed by atoms with Gasteiger partial charge in [0.15, 0.2) is 0 Å². The highest BCUT2D eigenvalue weighted by atomic mass is 35.5. The van der Waals surface area contributed by atoms with Gasteiger partial charge in [0.05, 0.1) is 6.07 Å². The van der Waals surface area contributed by atoms with E-state index in [0.29, 0.717) is 5.92 Å². The van der Waals surface area contributed by atoms with Gasteiger partial charge in [0.25, 0.3) is 0 Å². The third-order valence-corrected chi connectivity index (χ3v) is 3.57. The largest absolute Gasteiger partial charge is 0.193 e. The maximum atomic E-state index is 8.63. The van der Waals surface area contributed by atoms with Gasteiger partial charge in [-0.1, -0.05) is 38.3 Å². The first-order chi connectivity index (χ1) is 6.60. The first-order valence-corrected chi connectivity index (χ1v) is 5.74. The minimum Gasteiger partial charge on any atom is -0.193 e. The van der Waals surface area contributed by atoms with Crippen molar-refractivity contribution in [3.63, 3.8) is 0 Å². The average Bonchev–Trinajstić information content (AvgIpc) is 2.53. The fourth-order valence-corrected chi connectivity index (χ4v) is 2.90. The zero-order valence-corrected chi connectivity index (χ0v) is 9.77. The van der Waals surface area contributed by atoms with E-state index in [9.17, 15) is 0 Å². The molecule has 1 saturated carbocycles. The van der Waals surface area contributed by atoms with E-state index in [4.69, 9.17) is 16.9 Å². The normalized spacial score (nSPS) is 21.2. The molecule has 0 bridgehead atoms. The number of allylic oxidation sites excluding steroid dienone is 2. The Morgan fingerprint density at radius 2 is 2.07 bits per heavy atom. The molecule has 0 aromatic rings. The summed E-state index contributed by atoms with van der Waals surface area (Å²) in [5.41, 5.74) is 0.130. The maximum Gasteiger partial charge on any atom is 0.0924 e. The number of hydrogen-bond donors (Lipinski definition) is 0. The highest BCUT2D eigenvalue weighted by Gasteiger charge is 2.37. The molecule has 1 aliphatic carbocycles. The third-order valence-electron chi connectivity index (χ3n) is 3.06. The second kappa shape index (κ2) is 4.84. The predicted molar refractivity (Wildman–Crippen MR) is 59.9 cm³/mol. The number of nitrogens with zero attached hydrogens (tertiary/aromatic N) is 1. The van der Waals surface area contributed by atoms with E-state index in [2.05, 4.69) is 13.8 Å². The molecular formula is C12H18ClN. The minimum absolute atomic E-state index is 0.130. The monoisotopic (exact) mass is 211 g/mol. The number of hydrogen-bond acceptors (Lipinski definition) is 1. The van der Waals surface area contributed by atoms with E-state index in [-0.39, 0.29) is 5.41 Å². The zero-order chi connectivity index (χ0) is 10.6. The molecular weight excluding hydrogens is 194 g/mol. The molecule has 0 heterocycles. The van der Waals surface area contributed by atoms with Crippen LogP contribution in [0, 0.1) is 22.7 Å². The molecule has 1 nitrogen and oxygen atoms in total. The molecule has 0 aliphatic heterocycles. The van der Waals surface area contributed by atoms with Crippen LogP contribution in [0.25, 0.3) is 0 Å². The van der Waals surface area contributed by atoms with Crippen molar-refractivity contribution in [2.24, 2.45) is 11.3 Å². The van der Waals surface area contributed by atoms with Crippen LogP contribution in [0.1, 0.15) is 46.0 Å². The van der Waals surface area contributed by atoms with Gasteiger partial charge in [0.1, 0.15) is 0 Å². The van der Waals surface area contributed by atoms with Gasteiger partial charge in [-0.3, -0.25) is 0 Å². The summed E-state index contributed by atoms with van der Waals surface area (Å²) in [5.74, 6) is 0.647. The topological polar surface area (TPSA) is 23.8 Å². The van der Waals surface area contributed by atoms with Crippen LogP contribution < -0.4 is 0 Å². The first-order valence-electron chi connectivity index (χ1n) is 5.36. The molecule has 0 radical (unpaired) electrons. The van der Waals surface area contributed by atoms with Gasteiger partial charge in [-0.2, -0.15) is 5.26 Å². The van der Waals surface area contributed by atoms with Crippen LogP contribution in [0.4, 0.5) is 0 Å². The molecule has 0 atom stereocenters. The summed E-state index contributed by atoms with van der Waals surface area (Å²) in [6.07, 6.45) is 7.45.